The van der Waals surface area contributed by atoms with Crippen molar-refractivity contribution in [1.29, 1.82) is 0 Å². The van der Waals surface area contributed by atoms with Crippen molar-refractivity contribution in [3.8, 4) is 113 Å². The monoisotopic (exact) mass is 943 g/mol. The van der Waals surface area contributed by atoms with Gasteiger partial charge in [-0.3, -0.25) is 0 Å². The summed E-state index contributed by atoms with van der Waals surface area (Å²) in [6.07, 6.45) is 0. The Kier molecular flexibility index (Phi) is 11.5. The van der Waals surface area contributed by atoms with Gasteiger partial charge in [-0.25, -0.2) is 24.9 Å². The Labute approximate surface area is 429 Å². The van der Waals surface area contributed by atoms with E-state index in [1.807, 2.05) is 72.8 Å². The standard InChI is InChI=1S/C69H45N5/c1-5-17-46(18-6-1)47-29-37-56(38-30-47)68-72-67(55-25-11-4-12-26-55)73-69(74-68)57-39-33-51(34-40-57)61-44-42-49-20-14-16-28-59(49)65(61)64-58-27-15-13-19-48(58)41-43-60(64)50-31-35-53(36-32-50)63-45-62(52-21-7-2-8-22-52)70-66(71-63)54-23-9-3-10-24-54/h1-45H. The van der Waals surface area contributed by atoms with E-state index in [1.54, 1.807) is 0 Å². The van der Waals surface area contributed by atoms with Crippen LogP contribution in [-0.2, 0) is 0 Å². The number of hydrogen-bond acceptors (Lipinski definition) is 5. The molecule has 0 spiro atoms. The predicted octanol–water partition coefficient (Wildman–Crippen LogP) is 17.6. The minimum Gasteiger partial charge on any atom is -0.228 e. The molecule has 0 fully saturated rings. The fraction of sp³-hybridized carbons (Fsp3) is 0. The lowest BCUT2D eigenvalue weighted by molar-refractivity contribution is 1.07. The number of nitrogens with zero attached hydrogens (tertiary/aromatic N) is 5. The van der Waals surface area contributed by atoms with E-state index in [1.165, 1.54) is 32.7 Å². The van der Waals surface area contributed by atoms with Gasteiger partial charge in [0.05, 0.1) is 11.4 Å². The highest BCUT2D eigenvalue weighted by Crippen LogP contribution is 2.46. The molecule has 5 heteroatoms. The molecule has 2 heterocycles. The number of hydrogen-bond donors (Lipinski definition) is 0. The van der Waals surface area contributed by atoms with E-state index < -0.39 is 0 Å². The first kappa shape index (κ1) is 44.0. The van der Waals surface area contributed by atoms with Gasteiger partial charge in [0.1, 0.15) is 0 Å². The first-order valence-electron chi connectivity index (χ1n) is 24.9. The van der Waals surface area contributed by atoms with Crippen molar-refractivity contribution in [3.05, 3.63) is 273 Å². The molecule has 0 saturated carbocycles. The molecule has 2 aromatic heterocycles. The van der Waals surface area contributed by atoms with E-state index in [9.17, 15) is 0 Å². The highest BCUT2D eigenvalue weighted by atomic mass is 15.0. The lowest BCUT2D eigenvalue weighted by Crippen LogP contribution is -2.00. The zero-order chi connectivity index (χ0) is 49.2. The van der Waals surface area contributed by atoms with Crippen molar-refractivity contribution in [2.45, 2.75) is 0 Å². The third-order valence-corrected chi connectivity index (χ3v) is 13.8. The summed E-state index contributed by atoms with van der Waals surface area (Å²) in [4.78, 5) is 25.4. The maximum absolute atomic E-state index is 5.14. The van der Waals surface area contributed by atoms with Crippen molar-refractivity contribution in [1.82, 2.24) is 24.9 Å². The van der Waals surface area contributed by atoms with Crippen molar-refractivity contribution in [3.63, 3.8) is 0 Å². The first-order valence-corrected chi connectivity index (χ1v) is 24.9. The molecule has 74 heavy (non-hydrogen) atoms. The van der Waals surface area contributed by atoms with E-state index in [0.29, 0.717) is 23.3 Å². The van der Waals surface area contributed by atoms with Crippen molar-refractivity contribution < 1.29 is 0 Å². The second-order valence-corrected chi connectivity index (χ2v) is 18.4. The summed E-state index contributed by atoms with van der Waals surface area (Å²) in [7, 11) is 0. The number of aromatic nitrogens is 5. The van der Waals surface area contributed by atoms with Crippen LogP contribution in [0.5, 0.6) is 0 Å². The highest BCUT2D eigenvalue weighted by Gasteiger charge is 2.21. The van der Waals surface area contributed by atoms with Crippen LogP contribution >= 0.6 is 0 Å². The molecule has 0 aliphatic rings. The summed E-state index contributed by atoms with van der Waals surface area (Å²) in [6, 6.07) is 95.7. The molecular formula is C69H45N5. The summed E-state index contributed by atoms with van der Waals surface area (Å²) in [5, 5.41) is 4.71. The molecule has 11 aromatic carbocycles. The Bertz CT molecular complexity index is 4070. The SMILES string of the molecule is c1ccc(-c2ccc(-c3nc(-c4ccccc4)nc(-c4ccc(-c5ccc6ccccc6c5-c5c(-c6ccc(-c7cc(-c8ccccc8)nc(-c8ccccc8)n7)cc6)ccc6ccccc56)cc4)n3)cc2)cc1. The highest BCUT2D eigenvalue weighted by molar-refractivity contribution is 6.15. The topological polar surface area (TPSA) is 64.5 Å². The molecule has 0 amide bonds. The van der Waals surface area contributed by atoms with Crippen LogP contribution in [0.2, 0.25) is 0 Å². The maximum Gasteiger partial charge on any atom is 0.164 e. The van der Waals surface area contributed by atoms with Crippen LogP contribution in [0.15, 0.2) is 273 Å². The summed E-state index contributed by atoms with van der Waals surface area (Å²) >= 11 is 0. The molecule has 0 aliphatic carbocycles. The van der Waals surface area contributed by atoms with Gasteiger partial charge in [-0.2, -0.15) is 0 Å². The largest absolute Gasteiger partial charge is 0.228 e. The van der Waals surface area contributed by atoms with E-state index in [-0.39, 0.29) is 0 Å². The fourth-order valence-corrected chi connectivity index (χ4v) is 10.0. The van der Waals surface area contributed by atoms with Crippen LogP contribution in [0.4, 0.5) is 0 Å². The number of benzene rings is 11. The Morgan fingerprint density at radius 1 is 0.189 bits per heavy atom. The molecule has 0 saturated heterocycles. The maximum atomic E-state index is 5.14. The Morgan fingerprint density at radius 3 is 0.905 bits per heavy atom. The smallest absolute Gasteiger partial charge is 0.164 e. The molecular weight excluding hydrogens is 899 g/mol. The van der Waals surface area contributed by atoms with Gasteiger partial charge in [-0.05, 0) is 72.1 Å². The molecule has 0 atom stereocenters. The molecule has 13 aromatic rings. The van der Waals surface area contributed by atoms with Crippen LogP contribution < -0.4 is 0 Å². The summed E-state index contributed by atoms with van der Waals surface area (Å²) in [6.45, 7) is 0. The van der Waals surface area contributed by atoms with Gasteiger partial charge in [0.25, 0.3) is 0 Å². The summed E-state index contributed by atoms with van der Waals surface area (Å²) in [5.41, 5.74) is 16.7. The Hall–Kier alpha value is -9.97. The van der Waals surface area contributed by atoms with E-state index in [0.717, 1.165) is 78.1 Å². The number of rotatable bonds is 10. The zero-order valence-corrected chi connectivity index (χ0v) is 40.2. The second-order valence-electron chi connectivity index (χ2n) is 18.4. The lowest BCUT2D eigenvalue weighted by Gasteiger charge is -2.20. The van der Waals surface area contributed by atoms with E-state index >= 15 is 0 Å². The molecule has 346 valence electrons. The predicted molar refractivity (Wildman–Crippen MR) is 305 cm³/mol. The van der Waals surface area contributed by atoms with Gasteiger partial charge >= 0.3 is 0 Å². The molecule has 0 bridgehead atoms. The van der Waals surface area contributed by atoms with Gasteiger partial charge in [-0.1, -0.05) is 267 Å². The first-order chi connectivity index (χ1) is 36.7. The molecule has 0 unspecified atom stereocenters. The molecule has 5 nitrogen and oxygen atoms in total. The Morgan fingerprint density at radius 2 is 0.473 bits per heavy atom. The van der Waals surface area contributed by atoms with Crippen LogP contribution in [-0.4, -0.2) is 24.9 Å². The lowest BCUT2D eigenvalue weighted by atomic mass is 9.83. The van der Waals surface area contributed by atoms with E-state index in [2.05, 4.69) is 200 Å². The van der Waals surface area contributed by atoms with Gasteiger partial charge < -0.3 is 0 Å². The second kappa shape index (κ2) is 19.3. The van der Waals surface area contributed by atoms with Crippen LogP contribution in [0.25, 0.3) is 134 Å². The molecule has 0 N–H and O–H groups in total. The van der Waals surface area contributed by atoms with Crippen LogP contribution in [0.3, 0.4) is 0 Å². The average Bonchev–Trinajstić information content (AvgIpc) is 3.49. The Balaban J connectivity index is 0.917. The third kappa shape index (κ3) is 8.59. The minimum atomic E-state index is 0.612. The van der Waals surface area contributed by atoms with E-state index in [4.69, 9.17) is 24.9 Å². The van der Waals surface area contributed by atoms with Gasteiger partial charge in [0, 0.05) is 33.4 Å². The van der Waals surface area contributed by atoms with Gasteiger partial charge in [0.15, 0.2) is 23.3 Å². The average molecular weight is 944 g/mol. The third-order valence-electron chi connectivity index (χ3n) is 13.8. The van der Waals surface area contributed by atoms with Gasteiger partial charge in [0.2, 0.25) is 0 Å². The quantitative estimate of drug-likeness (QED) is 0.137. The van der Waals surface area contributed by atoms with Crippen molar-refractivity contribution in [2.24, 2.45) is 0 Å². The van der Waals surface area contributed by atoms with Crippen molar-refractivity contribution in [2.75, 3.05) is 0 Å². The summed E-state index contributed by atoms with van der Waals surface area (Å²) in [5.74, 6) is 2.55. The van der Waals surface area contributed by atoms with Gasteiger partial charge in [-0.15, -0.1) is 0 Å². The molecule has 0 radical (unpaired) electrons. The van der Waals surface area contributed by atoms with Crippen LogP contribution in [0, 0.1) is 0 Å². The zero-order valence-electron chi connectivity index (χ0n) is 40.2. The van der Waals surface area contributed by atoms with Crippen molar-refractivity contribution >= 4 is 21.5 Å². The fourth-order valence-electron chi connectivity index (χ4n) is 10.0. The minimum absolute atomic E-state index is 0.612. The summed E-state index contributed by atoms with van der Waals surface area (Å²) < 4.78 is 0. The van der Waals surface area contributed by atoms with Crippen LogP contribution in [0.1, 0.15) is 0 Å². The number of fused-ring (bicyclic) bond motifs is 2. The normalized spacial score (nSPS) is 11.2. The molecule has 0 aliphatic heterocycles. The molecule has 13 rings (SSSR count).